The molecule has 2 amide bonds. The highest BCUT2D eigenvalue weighted by Crippen LogP contribution is 2.25. The number of hydrogen-bond acceptors (Lipinski definition) is 3. The fraction of sp³-hybridized carbons (Fsp3) is 0.125. The maximum Gasteiger partial charge on any atom is 0.259 e. The zero-order valence-electron chi connectivity index (χ0n) is 11.8. The minimum absolute atomic E-state index is 0.0938. The fourth-order valence-electron chi connectivity index (χ4n) is 1.92. The molecule has 0 bridgehead atoms. The number of rotatable bonds is 3. The summed E-state index contributed by atoms with van der Waals surface area (Å²) in [6.45, 7) is 3.28. The van der Waals surface area contributed by atoms with Gasteiger partial charge in [0.05, 0.1) is 16.9 Å². The Balaban J connectivity index is 2.30. The minimum Gasteiger partial charge on any atom is -0.507 e. The Labute approximate surface area is 122 Å². The summed E-state index contributed by atoms with van der Waals surface area (Å²) in [5.74, 6) is -0.758. The van der Waals surface area contributed by atoms with Gasteiger partial charge in [-0.05, 0) is 36.8 Å². The molecule has 0 radical (unpaired) electrons. The van der Waals surface area contributed by atoms with Crippen LogP contribution in [0.5, 0.6) is 5.75 Å². The van der Waals surface area contributed by atoms with Crippen LogP contribution in [-0.4, -0.2) is 16.9 Å². The first kappa shape index (κ1) is 14.6. The van der Waals surface area contributed by atoms with Crippen LogP contribution in [0.3, 0.4) is 0 Å². The van der Waals surface area contributed by atoms with Crippen molar-refractivity contribution in [2.75, 3.05) is 10.6 Å². The van der Waals surface area contributed by atoms with Gasteiger partial charge in [0.25, 0.3) is 5.91 Å². The van der Waals surface area contributed by atoms with E-state index < -0.39 is 5.91 Å². The van der Waals surface area contributed by atoms with Crippen molar-refractivity contribution in [1.29, 1.82) is 0 Å². The normalized spacial score (nSPS) is 10.0. The van der Waals surface area contributed by atoms with Crippen LogP contribution in [0.25, 0.3) is 0 Å². The van der Waals surface area contributed by atoms with E-state index in [0.29, 0.717) is 11.4 Å². The Morgan fingerprint density at radius 1 is 1.00 bits per heavy atom. The number of carbonyl (C=O) groups is 2. The lowest BCUT2D eigenvalue weighted by atomic mass is 10.1. The van der Waals surface area contributed by atoms with E-state index in [2.05, 4.69) is 10.6 Å². The van der Waals surface area contributed by atoms with Gasteiger partial charge in [0.15, 0.2) is 0 Å². The van der Waals surface area contributed by atoms with E-state index in [1.54, 1.807) is 24.3 Å². The molecule has 0 saturated heterocycles. The number of phenols is 1. The van der Waals surface area contributed by atoms with Crippen molar-refractivity contribution in [3.63, 3.8) is 0 Å². The van der Waals surface area contributed by atoms with E-state index in [9.17, 15) is 14.7 Å². The van der Waals surface area contributed by atoms with Gasteiger partial charge in [-0.1, -0.05) is 18.2 Å². The summed E-state index contributed by atoms with van der Waals surface area (Å²) < 4.78 is 0. The molecule has 0 aliphatic heterocycles. The standard InChI is InChI=1S/C16H16N2O3/c1-10-7-8-13(17-11(2)19)14(9-10)18-16(21)12-5-3-4-6-15(12)20/h3-9,20H,1-2H3,(H,17,19)(H,18,21). The lowest BCUT2D eigenvalue weighted by molar-refractivity contribution is -0.114. The molecule has 2 rings (SSSR count). The number of phenolic OH excluding ortho intramolecular Hbond substituents is 1. The molecule has 2 aromatic rings. The van der Waals surface area contributed by atoms with Crippen molar-refractivity contribution in [1.82, 2.24) is 0 Å². The van der Waals surface area contributed by atoms with E-state index in [1.807, 2.05) is 13.0 Å². The van der Waals surface area contributed by atoms with Crippen LogP contribution < -0.4 is 10.6 Å². The Bertz CT molecular complexity index is 696. The summed E-state index contributed by atoms with van der Waals surface area (Å²) in [5, 5.41) is 15.1. The molecule has 0 saturated carbocycles. The number of para-hydroxylation sites is 1. The third-order valence-electron chi connectivity index (χ3n) is 2.88. The molecule has 0 fully saturated rings. The average molecular weight is 284 g/mol. The fourth-order valence-corrected chi connectivity index (χ4v) is 1.92. The maximum atomic E-state index is 12.2. The van der Waals surface area contributed by atoms with E-state index in [-0.39, 0.29) is 17.2 Å². The van der Waals surface area contributed by atoms with E-state index in [4.69, 9.17) is 0 Å². The molecule has 5 nitrogen and oxygen atoms in total. The molecule has 0 aliphatic carbocycles. The van der Waals surface area contributed by atoms with Crippen LogP contribution in [0.4, 0.5) is 11.4 Å². The van der Waals surface area contributed by atoms with Gasteiger partial charge in [-0.15, -0.1) is 0 Å². The molecule has 2 aromatic carbocycles. The maximum absolute atomic E-state index is 12.2. The predicted molar refractivity (Wildman–Crippen MR) is 81.5 cm³/mol. The Hall–Kier alpha value is -2.82. The molecule has 0 heterocycles. The second kappa shape index (κ2) is 6.09. The molecular weight excluding hydrogens is 268 g/mol. The van der Waals surface area contributed by atoms with Crippen molar-refractivity contribution in [3.8, 4) is 5.75 Å². The highest BCUT2D eigenvalue weighted by molar-refractivity contribution is 6.08. The van der Waals surface area contributed by atoms with E-state index in [0.717, 1.165) is 5.56 Å². The zero-order chi connectivity index (χ0) is 15.4. The number of nitrogens with one attached hydrogen (secondary N) is 2. The topological polar surface area (TPSA) is 78.4 Å². The van der Waals surface area contributed by atoms with E-state index >= 15 is 0 Å². The summed E-state index contributed by atoms with van der Waals surface area (Å²) in [5.41, 5.74) is 2.11. The molecule has 0 spiro atoms. The predicted octanol–water partition coefficient (Wildman–Crippen LogP) is 2.91. The van der Waals surface area contributed by atoms with Crippen LogP contribution in [-0.2, 0) is 4.79 Å². The largest absolute Gasteiger partial charge is 0.507 e. The summed E-state index contributed by atoms with van der Waals surface area (Å²) in [6.07, 6.45) is 0. The number of benzene rings is 2. The number of aromatic hydroxyl groups is 1. The highest BCUT2D eigenvalue weighted by atomic mass is 16.3. The molecule has 0 aromatic heterocycles. The number of anilines is 2. The van der Waals surface area contributed by atoms with Crippen LogP contribution in [0.15, 0.2) is 42.5 Å². The number of aryl methyl sites for hydroxylation is 1. The van der Waals surface area contributed by atoms with Crippen LogP contribution in [0.2, 0.25) is 0 Å². The summed E-state index contributed by atoms with van der Waals surface area (Å²) in [6, 6.07) is 11.6. The second-order valence-electron chi connectivity index (χ2n) is 4.70. The number of carbonyl (C=O) groups excluding carboxylic acids is 2. The van der Waals surface area contributed by atoms with Crippen molar-refractivity contribution >= 4 is 23.2 Å². The molecule has 0 aliphatic rings. The first-order chi connectivity index (χ1) is 9.97. The first-order valence-electron chi connectivity index (χ1n) is 6.45. The van der Waals surface area contributed by atoms with Gasteiger partial charge in [0, 0.05) is 6.92 Å². The molecule has 21 heavy (non-hydrogen) atoms. The zero-order valence-corrected chi connectivity index (χ0v) is 11.8. The van der Waals surface area contributed by atoms with Gasteiger partial charge in [-0.2, -0.15) is 0 Å². The highest BCUT2D eigenvalue weighted by Gasteiger charge is 2.13. The summed E-state index contributed by atoms with van der Waals surface area (Å²) in [7, 11) is 0. The van der Waals surface area contributed by atoms with Gasteiger partial charge in [0.1, 0.15) is 5.75 Å². The molecule has 5 heteroatoms. The van der Waals surface area contributed by atoms with Crippen LogP contribution in [0.1, 0.15) is 22.8 Å². The minimum atomic E-state index is -0.440. The first-order valence-corrected chi connectivity index (χ1v) is 6.45. The summed E-state index contributed by atoms with van der Waals surface area (Å²) >= 11 is 0. The smallest absolute Gasteiger partial charge is 0.259 e. The second-order valence-corrected chi connectivity index (χ2v) is 4.70. The average Bonchev–Trinajstić information content (AvgIpc) is 2.42. The van der Waals surface area contributed by atoms with Gasteiger partial charge in [-0.25, -0.2) is 0 Å². The lowest BCUT2D eigenvalue weighted by Gasteiger charge is -2.13. The number of hydrogen-bond donors (Lipinski definition) is 3. The van der Waals surface area contributed by atoms with Crippen molar-refractivity contribution in [3.05, 3.63) is 53.6 Å². The van der Waals surface area contributed by atoms with Crippen molar-refractivity contribution < 1.29 is 14.7 Å². The summed E-state index contributed by atoms with van der Waals surface area (Å²) in [4.78, 5) is 23.4. The Kier molecular flexibility index (Phi) is 4.23. The van der Waals surface area contributed by atoms with Crippen LogP contribution >= 0.6 is 0 Å². The van der Waals surface area contributed by atoms with Crippen molar-refractivity contribution in [2.45, 2.75) is 13.8 Å². The quantitative estimate of drug-likeness (QED) is 0.811. The Morgan fingerprint density at radius 3 is 2.38 bits per heavy atom. The van der Waals surface area contributed by atoms with Gasteiger partial charge in [0.2, 0.25) is 5.91 Å². The molecule has 0 unspecified atom stereocenters. The van der Waals surface area contributed by atoms with Gasteiger partial charge in [-0.3, -0.25) is 9.59 Å². The van der Waals surface area contributed by atoms with Gasteiger partial charge >= 0.3 is 0 Å². The monoisotopic (exact) mass is 284 g/mol. The molecular formula is C16H16N2O3. The number of amides is 2. The molecule has 3 N–H and O–H groups in total. The Morgan fingerprint density at radius 2 is 1.71 bits per heavy atom. The third kappa shape index (κ3) is 3.60. The van der Waals surface area contributed by atoms with E-state index in [1.165, 1.54) is 19.1 Å². The van der Waals surface area contributed by atoms with Gasteiger partial charge < -0.3 is 15.7 Å². The van der Waals surface area contributed by atoms with Crippen molar-refractivity contribution in [2.24, 2.45) is 0 Å². The molecule has 108 valence electrons. The van der Waals surface area contributed by atoms with Crippen LogP contribution in [0, 0.1) is 6.92 Å². The molecule has 0 atom stereocenters. The lowest BCUT2D eigenvalue weighted by Crippen LogP contribution is -2.15. The third-order valence-corrected chi connectivity index (χ3v) is 2.88. The SMILES string of the molecule is CC(=O)Nc1ccc(C)cc1NC(=O)c1ccccc1O.